The third kappa shape index (κ3) is 3.34. The number of rotatable bonds is 3. The van der Waals surface area contributed by atoms with Gasteiger partial charge in [0.2, 0.25) is 0 Å². The lowest BCUT2D eigenvalue weighted by Gasteiger charge is -2.26. The Morgan fingerprint density at radius 3 is 2.38 bits per heavy atom. The summed E-state index contributed by atoms with van der Waals surface area (Å²) in [6.45, 7) is 0. The Balaban J connectivity index is 1.64. The third-order valence-corrected chi connectivity index (χ3v) is 3.87. The molecule has 0 radical (unpaired) electrons. The number of nitrogens with two attached hydrogens (primary N) is 1. The Bertz CT molecular complexity index is 637. The predicted octanol–water partition coefficient (Wildman–Crippen LogP) is 3.15. The van der Waals surface area contributed by atoms with Gasteiger partial charge < -0.3 is 16.4 Å². The number of nitrogens with one attached hydrogen (secondary N) is 2. The highest BCUT2D eigenvalue weighted by atomic mass is 16.2. The molecule has 3 rings (SSSR count). The molecule has 0 saturated heterocycles. The van der Waals surface area contributed by atoms with Crippen molar-refractivity contribution in [3.63, 3.8) is 0 Å². The fourth-order valence-corrected chi connectivity index (χ4v) is 2.85. The Morgan fingerprint density at radius 1 is 1.00 bits per heavy atom. The van der Waals surface area contributed by atoms with Crippen molar-refractivity contribution in [3.8, 4) is 0 Å². The maximum atomic E-state index is 10.8. The molecule has 4 nitrogen and oxygen atoms in total. The van der Waals surface area contributed by atoms with Gasteiger partial charge in [0.25, 0.3) is 0 Å². The highest BCUT2D eigenvalue weighted by Gasteiger charge is 2.17. The van der Waals surface area contributed by atoms with Crippen LogP contribution in [0.2, 0.25) is 0 Å². The summed E-state index contributed by atoms with van der Waals surface area (Å²) in [6, 6.07) is 16.2. The fraction of sp³-hybridized carbons (Fsp3) is 0.235. The zero-order valence-corrected chi connectivity index (χ0v) is 11.8. The van der Waals surface area contributed by atoms with Crippen molar-refractivity contribution >= 4 is 17.4 Å². The van der Waals surface area contributed by atoms with E-state index in [9.17, 15) is 4.79 Å². The molecule has 4 N–H and O–H groups in total. The smallest absolute Gasteiger partial charge is 0.316 e. The van der Waals surface area contributed by atoms with Gasteiger partial charge in [-0.3, -0.25) is 0 Å². The van der Waals surface area contributed by atoms with Crippen molar-refractivity contribution in [1.29, 1.82) is 0 Å². The van der Waals surface area contributed by atoms with Gasteiger partial charge in [0.05, 0.1) is 0 Å². The average Bonchev–Trinajstić information content (AvgIpc) is 2.49. The maximum Gasteiger partial charge on any atom is 0.316 e. The van der Waals surface area contributed by atoms with Crippen LogP contribution in [0.5, 0.6) is 0 Å². The van der Waals surface area contributed by atoms with Crippen LogP contribution in [-0.4, -0.2) is 12.1 Å². The van der Waals surface area contributed by atoms with Crippen LogP contribution in [0.15, 0.2) is 48.5 Å². The van der Waals surface area contributed by atoms with E-state index in [-0.39, 0.29) is 0 Å². The van der Waals surface area contributed by atoms with E-state index in [0.717, 1.165) is 24.9 Å². The molecule has 4 heteroatoms. The van der Waals surface area contributed by atoms with Gasteiger partial charge >= 0.3 is 6.03 Å². The molecule has 2 aromatic rings. The summed E-state index contributed by atoms with van der Waals surface area (Å²) < 4.78 is 0. The van der Waals surface area contributed by atoms with Gasteiger partial charge in [0.15, 0.2) is 0 Å². The minimum absolute atomic E-state index is 0.454. The van der Waals surface area contributed by atoms with E-state index in [1.807, 2.05) is 24.3 Å². The number of carbonyl (C=O) groups is 1. The first kappa shape index (κ1) is 13.5. The molecule has 0 heterocycles. The van der Waals surface area contributed by atoms with Crippen molar-refractivity contribution in [2.45, 2.75) is 25.3 Å². The lowest BCUT2D eigenvalue weighted by Crippen LogP contribution is -2.27. The van der Waals surface area contributed by atoms with Crippen LogP contribution in [0.4, 0.5) is 16.2 Å². The van der Waals surface area contributed by atoms with Crippen LogP contribution >= 0.6 is 0 Å². The molecular weight excluding hydrogens is 262 g/mol. The van der Waals surface area contributed by atoms with Crippen LogP contribution in [0, 0.1) is 0 Å². The molecule has 0 saturated carbocycles. The van der Waals surface area contributed by atoms with Crippen molar-refractivity contribution in [2.24, 2.45) is 5.73 Å². The van der Waals surface area contributed by atoms with Crippen LogP contribution in [0.3, 0.4) is 0 Å². The van der Waals surface area contributed by atoms with E-state index in [4.69, 9.17) is 5.73 Å². The molecule has 0 spiro atoms. The molecule has 0 aromatic heterocycles. The third-order valence-electron chi connectivity index (χ3n) is 3.87. The van der Waals surface area contributed by atoms with Gasteiger partial charge in [0.1, 0.15) is 0 Å². The SMILES string of the molecule is NC(=O)Nc1ccc(N[C@H]2CCc3ccccc3C2)cc1. The van der Waals surface area contributed by atoms with Gasteiger partial charge in [-0.15, -0.1) is 0 Å². The molecule has 0 bridgehead atoms. The lowest BCUT2D eigenvalue weighted by molar-refractivity contribution is 0.259. The molecular formula is C17H19N3O. The van der Waals surface area contributed by atoms with E-state index in [1.165, 1.54) is 11.1 Å². The molecule has 1 atom stereocenters. The number of benzene rings is 2. The number of aryl methyl sites for hydroxylation is 1. The summed E-state index contributed by atoms with van der Waals surface area (Å²) in [7, 11) is 0. The number of carbonyl (C=O) groups excluding carboxylic acids is 1. The summed E-state index contributed by atoms with van der Waals surface area (Å²) in [5.74, 6) is 0. The molecule has 2 aromatic carbocycles. The van der Waals surface area contributed by atoms with E-state index in [1.54, 1.807) is 0 Å². The van der Waals surface area contributed by atoms with E-state index >= 15 is 0 Å². The standard InChI is InChI=1S/C17H19N3O/c18-17(21)20-15-9-7-14(8-10-15)19-16-6-5-12-3-1-2-4-13(12)11-16/h1-4,7-10,16,19H,5-6,11H2,(H3,18,20,21)/t16-/m0/s1. The number of primary amides is 1. The van der Waals surface area contributed by atoms with Gasteiger partial charge in [-0.05, 0) is 54.7 Å². The summed E-state index contributed by atoms with van der Waals surface area (Å²) in [5.41, 5.74) is 9.77. The molecule has 2 amide bonds. The molecule has 1 aliphatic rings. The number of amides is 2. The normalized spacial score (nSPS) is 16.9. The monoisotopic (exact) mass is 281 g/mol. The van der Waals surface area contributed by atoms with E-state index in [2.05, 4.69) is 34.9 Å². The molecule has 0 aliphatic heterocycles. The number of anilines is 2. The molecule has 108 valence electrons. The number of hydrogen-bond donors (Lipinski definition) is 3. The average molecular weight is 281 g/mol. The highest BCUT2D eigenvalue weighted by molar-refractivity contribution is 5.87. The fourth-order valence-electron chi connectivity index (χ4n) is 2.85. The largest absolute Gasteiger partial charge is 0.382 e. The second-order valence-corrected chi connectivity index (χ2v) is 5.42. The molecule has 1 aliphatic carbocycles. The highest BCUT2D eigenvalue weighted by Crippen LogP contribution is 2.24. The summed E-state index contributed by atoms with van der Waals surface area (Å²) in [6.07, 6.45) is 3.31. The first-order valence-electron chi connectivity index (χ1n) is 7.20. The van der Waals surface area contributed by atoms with Crippen LogP contribution in [0.1, 0.15) is 17.5 Å². The van der Waals surface area contributed by atoms with Crippen molar-refractivity contribution in [1.82, 2.24) is 0 Å². The predicted molar refractivity (Wildman–Crippen MR) is 85.5 cm³/mol. The minimum atomic E-state index is -0.542. The van der Waals surface area contributed by atoms with Gasteiger partial charge in [0, 0.05) is 17.4 Å². The van der Waals surface area contributed by atoms with Crippen LogP contribution < -0.4 is 16.4 Å². The lowest BCUT2D eigenvalue weighted by atomic mass is 9.88. The first-order chi connectivity index (χ1) is 10.2. The Morgan fingerprint density at radius 2 is 1.67 bits per heavy atom. The molecule has 0 fully saturated rings. The first-order valence-corrected chi connectivity index (χ1v) is 7.20. The second kappa shape index (κ2) is 5.87. The maximum absolute atomic E-state index is 10.8. The summed E-state index contributed by atoms with van der Waals surface area (Å²) in [5, 5.41) is 6.12. The van der Waals surface area contributed by atoms with Crippen molar-refractivity contribution in [2.75, 3.05) is 10.6 Å². The molecule has 21 heavy (non-hydrogen) atoms. The Kier molecular flexibility index (Phi) is 3.77. The number of fused-ring (bicyclic) bond motifs is 1. The van der Waals surface area contributed by atoms with Gasteiger partial charge in [-0.1, -0.05) is 24.3 Å². The molecule has 0 unspecified atom stereocenters. The zero-order chi connectivity index (χ0) is 14.7. The topological polar surface area (TPSA) is 67.2 Å². The number of hydrogen-bond acceptors (Lipinski definition) is 2. The Hall–Kier alpha value is -2.49. The number of urea groups is 1. The zero-order valence-electron chi connectivity index (χ0n) is 11.8. The van der Waals surface area contributed by atoms with E-state index < -0.39 is 6.03 Å². The van der Waals surface area contributed by atoms with Crippen molar-refractivity contribution < 1.29 is 4.79 Å². The minimum Gasteiger partial charge on any atom is -0.382 e. The van der Waals surface area contributed by atoms with Gasteiger partial charge in [-0.25, -0.2) is 4.79 Å². The van der Waals surface area contributed by atoms with Gasteiger partial charge in [-0.2, -0.15) is 0 Å². The quantitative estimate of drug-likeness (QED) is 0.809. The van der Waals surface area contributed by atoms with E-state index in [0.29, 0.717) is 11.7 Å². The summed E-state index contributed by atoms with van der Waals surface area (Å²) >= 11 is 0. The second-order valence-electron chi connectivity index (χ2n) is 5.42. The van der Waals surface area contributed by atoms with Crippen molar-refractivity contribution in [3.05, 3.63) is 59.7 Å². The van der Waals surface area contributed by atoms with Crippen LogP contribution in [-0.2, 0) is 12.8 Å². The van der Waals surface area contributed by atoms with Crippen LogP contribution in [0.25, 0.3) is 0 Å². The summed E-state index contributed by atoms with van der Waals surface area (Å²) in [4.78, 5) is 10.8. The Labute approximate surface area is 124 Å².